The minimum absolute atomic E-state index is 0.0787. The van der Waals surface area contributed by atoms with Crippen LogP contribution in [0.2, 0.25) is 0 Å². The van der Waals surface area contributed by atoms with E-state index in [1.807, 2.05) is 21.1 Å². The molecule has 0 rings (SSSR count). The second kappa shape index (κ2) is 39.0. The van der Waals surface area contributed by atoms with Gasteiger partial charge in [-0.3, -0.25) is 13.8 Å². The summed E-state index contributed by atoms with van der Waals surface area (Å²) in [5, 5.41) is 14.0. The molecule has 9 heteroatoms. The second-order valence-electron chi connectivity index (χ2n) is 17.9. The fraction of sp³-hybridized carbons (Fsp3) is 0.978. The van der Waals surface area contributed by atoms with Gasteiger partial charge in [-0.2, -0.15) is 0 Å². The maximum Gasteiger partial charge on any atom is 0.472 e. The zero-order valence-electron chi connectivity index (χ0n) is 37.4. The van der Waals surface area contributed by atoms with Crippen molar-refractivity contribution in [2.45, 2.75) is 251 Å². The average Bonchev–Trinajstić information content (AvgIpc) is 3.13. The molecule has 55 heavy (non-hydrogen) atoms. The molecule has 0 aromatic rings. The molecule has 0 fully saturated rings. The molecule has 3 N–H and O–H groups in total. The Balaban J connectivity index is 4.25. The standard InChI is InChI=1S/C46H95N2O6P/c1-6-8-10-12-14-16-18-20-21-22-23-24-25-26-28-29-31-33-35-37-39-45(49)44(43-54-55(51,52)53-42-41-48(3,4)5)47-46(50)40-38-36-34-32-30-27-19-17-15-13-11-9-7-2/h44-45,49H,6-43H2,1-5H3,(H-,47,50,51,52)/p+1. The zero-order valence-corrected chi connectivity index (χ0v) is 38.3. The van der Waals surface area contributed by atoms with Crippen LogP contribution in [0.5, 0.6) is 0 Å². The van der Waals surface area contributed by atoms with Crippen LogP contribution in [-0.4, -0.2) is 73.4 Å². The lowest BCUT2D eigenvalue weighted by molar-refractivity contribution is -0.870. The third kappa shape index (κ3) is 41.5. The van der Waals surface area contributed by atoms with Gasteiger partial charge in [0.1, 0.15) is 13.2 Å². The first-order valence-electron chi connectivity index (χ1n) is 23.9. The first-order valence-corrected chi connectivity index (χ1v) is 25.4. The zero-order chi connectivity index (χ0) is 40.7. The number of unbranched alkanes of at least 4 members (excludes halogenated alkanes) is 31. The van der Waals surface area contributed by atoms with Crippen molar-refractivity contribution in [3.05, 3.63) is 0 Å². The summed E-state index contributed by atoms with van der Waals surface area (Å²) in [5.74, 6) is -0.141. The summed E-state index contributed by atoms with van der Waals surface area (Å²) in [6.07, 6.45) is 42.7. The van der Waals surface area contributed by atoms with Crippen molar-refractivity contribution in [1.29, 1.82) is 0 Å². The van der Waals surface area contributed by atoms with Gasteiger partial charge in [0, 0.05) is 6.42 Å². The molecule has 0 aliphatic rings. The topological polar surface area (TPSA) is 105 Å². The summed E-state index contributed by atoms with van der Waals surface area (Å²) >= 11 is 0. The number of carbonyl (C=O) groups is 1. The van der Waals surface area contributed by atoms with Crippen LogP contribution in [0.4, 0.5) is 0 Å². The second-order valence-corrected chi connectivity index (χ2v) is 19.3. The van der Waals surface area contributed by atoms with Crippen LogP contribution in [0, 0.1) is 0 Å². The molecule has 3 atom stereocenters. The number of aliphatic hydroxyl groups excluding tert-OH is 1. The molecule has 330 valence electrons. The smallest absolute Gasteiger partial charge is 0.391 e. The molecule has 0 saturated carbocycles. The fourth-order valence-corrected chi connectivity index (χ4v) is 8.02. The van der Waals surface area contributed by atoms with Crippen molar-refractivity contribution in [2.24, 2.45) is 0 Å². The summed E-state index contributed by atoms with van der Waals surface area (Å²) in [6.45, 7) is 4.91. The lowest BCUT2D eigenvalue weighted by Crippen LogP contribution is -2.46. The number of amides is 1. The molecule has 0 aromatic heterocycles. The molecule has 0 bridgehead atoms. The average molecular weight is 804 g/mol. The van der Waals surface area contributed by atoms with Gasteiger partial charge in [0.25, 0.3) is 0 Å². The number of nitrogens with zero attached hydrogens (tertiary/aromatic N) is 1. The molecule has 0 aliphatic carbocycles. The van der Waals surface area contributed by atoms with E-state index in [0.29, 0.717) is 23.9 Å². The molecule has 0 spiro atoms. The number of hydrogen-bond acceptors (Lipinski definition) is 5. The van der Waals surface area contributed by atoms with Gasteiger partial charge < -0.3 is 19.8 Å². The number of phosphoric ester groups is 1. The van der Waals surface area contributed by atoms with Gasteiger partial charge in [-0.1, -0.05) is 219 Å². The van der Waals surface area contributed by atoms with Crippen LogP contribution < -0.4 is 5.32 Å². The normalized spacial score (nSPS) is 14.2. The van der Waals surface area contributed by atoms with E-state index in [9.17, 15) is 19.4 Å². The molecule has 8 nitrogen and oxygen atoms in total. The van der Waals surface area contributed by atoms with Crippen LogP contribution in [-0.2, 0) is 18.4 Å². The molecular weight excluding hydrogens is 707 g/mol. The van der Waals surface area contributed by atoms with Gasteiger partial charge in [-0.15, -0.1) is 0 Å². The third-order valence-corrected chi connectivity index (χ3v) is 12.1. The van der Waals surface area contributed by atoms with Gasteiger partial charge in [0.15, 0.2) is 0 Å². The number of phosphoric acid groups is 1. The summed E-state index contributed by atoms with van der Waals surface area (Å²) < 4.78 is 23.7. The van der Waals surface area contributed by atoms with Crippen LogP contribution in [0.3, 0.4) is 0 Å². The lowest BCUT2D eigenvalue weighted by Gasteiger charge is -2.26. The Kier molecular flexibility index (Phi) is 38.6. The van der Waals surface area contributed by atoms with Gasteiger partial charge >= 0.3 is 7.82 Å². The summed E-state index contributed by atoms with van der Waals surface area (Å²) in [5.41, 5.74) is 0. The summed E-state index contributed by atoms with van der Waals surface area (Å²) in [7, 11) is 1.63. The number of rotatable bonds is 44. The number of hydrogen-bond donors (Lipinski definition) is 3. The first kappa shape index (κ1) is 54.5. The number of likely N-dealkylation sites (N-methyl/N-ethyl adjacent to an activating group) is 1. The largest absolute Gasteiger partial charge is 0.472 e. The van der Waals surface area contributed by atoms with Gasteiger partial charge in [-0.05, 0) is 12.8 Å². The maximum atomic E-state index is 12.9. The van der Waals surface area contributed by atoms with Crippen molar-refractivity contribution in [1.82, 2.24) is 5.32 Å². The van der Waals surface area contributed by atoms with E-state index >= 15 is 0 Å². The molecule has 0 aliphatic heterocycles. The van der Waals surface area contributed by atoms with Crippen LogP contribution in [0.15, 0.2) is 0 Å². The number of nitrogens with one attached hydrogen (secondary N) is 1. The van der Waals surface area contributed by atoms with Crippen molar-refractivity contribution < 1.29 is 32.9 Å². The van der Waals surface area contributed by atoms with Crippen molar-refractivity contribution in [3.63, 3.8) is 0 Å². The van der Waals surface area contributed by atoms with Crippen molar-refractivity contribution in [2.75, 3.05) is 40.9 Å². The Hall–Kier alpha value is -0.500. The highest BCUT2D eigenvalue weighted by atomic mass is 31.2. The van der Waals surface area contributed by atoms with Crippen LogP contribution in [0.25, 0.3) is 0 Å². The molecule has 0 radical (unpaired) electrons. The molecule has 0 heterocycles. The highest BCUT2D eigenvalue weighted by Gasteiger charge is 2.28. The van der Waals surface area contributed by atoms with E-state index in [1.54, 1.807) is 0 Å². The Morgan fingerprint density at radius 3 is 1.22 bits per heavy atom. The number of carbonyl (C=O) groups excluding carboxylic acids is 1. The van der Waals surface area contributed by atoms with E-state index in [-0.39, 0.29) is 19.1 Å². The van der Waals surface area contributed by atoms with E-state index in [4.69, 9.17) is 9.05 Å². The fourth-order valence-electron chi connectivity index (χ4n) is 7.28. The van der Waals surface area contributed by atoms with E-state index in [2.05, 4.69) is 19.2 Å². The molecule has 0 aromatic carbocycles. The van der Waals surface area contributed by atoms with Gasteiger partial charge in [0.05, 0.1) is 39.9 Å². The molecular formula is C46H96N2O6P+. The Morgan fingerprint density at radius 2 is 0.873 bits per heavy atom. The summed E-state index contributed by atoms with van der Waals surface area (Å²) in [4.78, 5) is 23.2. The Bertz CT molecular complexity index is 870. The third-order valence-electron chi connectivity index (χ3n) is 11.1. The number of quaternary nitrogens is 1. The van der Waals surface area contributed by atoms with E-state index in [0.717, 1.165) is 38.5 Å². The van der Waals surface area contributed by atoms with Crippen molar-refractivity contribution in [3.8, 4) is 0 Å². The monoisotopic (exact) mass is 804 g/mol. The predicted molar refractivity (Wildman–Crippen MR) is 236 cm³/mol. The van der Waals surface area contributed by atoms with Crippen LogP contribution >= 0.6 is 7.82 Å². The maximum absolute atomic E-state index is 12.9. The number of aliphatic hydroxyl groups is 1. The first-order chi connectivity index (χ1) is 26.5. The minimum Gasteiger partial charge on any atom is -0.391 e. The Labute approximate surface area is 342 Å². The van der Waals surface area contributed by atoms with Gasteiger partial charge in [0.2, 0.25) is 5.91 Å². The highest BCUT2D eigenvalue weighted by molar-refractivity contribution is 7.47. The van der Waals surface area contributed by atoms with Crippen molar-refractivity contribution >= 4 is 13.7 Å². The lowest BCUT2D eigenvalue weighted by atomic mass is 10.0. The molecule has 3 unspecified atom stereocenters. The predicted octanol–water partition coefficient (Wildman–Crippen LogP) is 13.4. The quantitative estimate of drug-likeness (QED) is 0.0322. The van der Waals surface area contributed by atoms with E-state index < -0.39 is 20.0 Å². The van der Waals surface area contributed by atoms with Gasteiger partial charge in [-0.25, -0.2) is 4.57 Å². The van der Waals surface area contributed by atoms with Crippen LogP contribution in [0.1, 0.15) is 239 Å². The SMILES string of the molecule is CCCCCCCCCCCCCCCCCCCCCCC(O)C(COP(=O)(O)OCC[N+](C)(C)C)NC(=O)CCCCCCCCCCCCCCC. The molecule has 0 saturated heterocycles. The minimum atomic E-state index is -4.31. The van der Waals surface area contributed by atoms with E-state index in [1.165, 1.54) is 173 Å². The summed E-state index contributed by atoms with van der Waals surface area (Å²) in [6, 6.07) is -0.753. The highest BCUT2D eigenvalue weighted by Crippen LogP contribution is 2.43. The Morgan fingerprint density at radius 1 is 0.545 bits per heavy atom. The molecule has 1 amide bonds.